The molecule has 0 aromatic heterocycles. The third kappa shape index (κ3) is 2.45. The number of hydrogen-bond donors (Lipinski definition) is 1. The first-order chi connectivity index (χ1) is 8.79. The molecule has 2 atom stereocenters. The van der Waals surface area contributed by atoms with Gasteiger partial charge in [-0.15, -0.1) is 0 Å². The molecule has 20 heavy (non-hydrogen) atoms. The average molecular weight is 311 g/mol. The molecule has 3 nitrogen and oxygen atoms in total. The van der Waals surface area contributed by atoms with Gasteiger partial charge < -0.3 is 10.1 Å². The summed E-state index contributed by atoms with van der Waals surface area (Å²) >= 11 is 0. The number of hydrogen-bond acceptors (Lipinski definition) is 2. The molecule has 0 spiro atoms. The van der Waals surface area contributed by atoms with Gasteiger partial charge in [0.15, 0.2) is 0 Å². The van der Waals surface area contributed by atoms with Gasteiger partial charge in [0.2, 0.25) is 12.1 Å². The molecular weight excluding hydrogens is 299 g/mol. The van der Waals surface area contributed by atoms with Crippen molar-refractivity contribution in [2.24, 2.45) is 5.41 Å². The van der Waals surface area contributed by atoms with E-state index in [1.54, 1.807) is 0 Å². The highest BCUT2D eigenvalue weighted by atomic mass is 19.4. The Hall–Kier alpha value is -1.06. The highest BCUT2D eigenvalue weighted by molar-refractivity contribution is 5.83. The summed E-state index contributed by atoms with van der Waals surface area (Å²) < 4.78 is 92.5. The maximum atomic E-state index is 13.3. The first-order valence-electron chi connectivity index (χ1n) is 5.54. The summed E-state index contributed by atoms with van der Waals surface area (Å²) in [5.74, 6) is -13.0. The Labute approximate surface area is 109 Å². The fourth-order valence-electron chi connectivity index (χ4n) is 1.48. The van der Waals surface area contributed by atoms with Crippen molar-refractivity contribution in [3.8, 4) is 0 Å². The number of halogens is 7. The maximum absolute atomic E-state index is 13.3. The Balaban J connectivity index is 3.00. The van der Waals surface area contributed by atoms with Crippen LogP contribution in [-0.4, -0.2) is 36.8 Å². The van der Waals surface area contributed by atoms with Gasteiger partial charge in [0, 0.05) is 0 Å². The van der Waals surface area contributed by atoms with E-state index in [4.69, 9.17) is 0 Å². The fourth-order valence-corrected chi connectivity index (χ4v) is 1.48. The number of carbonyl (C=O) groups excluding carboxylic acids is 1. The van der Waals surface area contributed by atoms with Crippen LogP contribution >= 0.6 is 0 Å². The van der Waals surface area contributed by atoms with E-state index in [0.717, 1.165) is 0 Å². The lowest BCUT2D eigenvalue weighted by atomic mass is 9.86. The molecule has 1 aliphatic heterocycles. The molecule has 1 saturated heterocycles. The summed E-state index contributed by atoms with van der Waals surface area (Å²) in [7, 11) is 0. The van der Waals surface area contributed by atoms with E-state index in [2.05, 4.69) is 4.74 Å². The van der Waals surface area contributed by atoms with Crippen LogP contribution < -0.4 is 5.32 Å². The number of rotatable bonds is 3. The monoisotopic (exact) mass is 311 g/mol. The topological polar surface area (TPSA) is 38.3 Å². The lowest BCUT2D eigenvalue weighted by Gasteiger charge is -2.41. The number of carbonyl (C=O) groups is 1. The molecule has 1 amide bonds. The zero-order valence-electron chi connectivity index (χ0n) is 10.5. The van der Waals surface area contributed by atoms with Gasteiger partial charge in [-0.1, -0.05) is 6.92 Å². The Kier molecular flexibility index (Phi) is 4.03. The van der Waals surface area contributed by atoms with Crippen LogP contribution in [0.5, 0.6) is 0 Å². The van der Waals surface area contributed by atoms with Gasteiger partial charge in [-0.25, -0.2) is 0 Å². The molecule has 0 aromatic carbocycles. The van der Waals surface area contributed by atoms with E-state index in [1.807, 2.05) is 0 Å². The van der Waals surface area contributed by atoms with Gasteiger partial charge in [0.05, 0.1) is 12.0 Å². The molecule has 0 radical (unpaired) electrons. The standard InChI is InChI=1S/C10H12F7NO2/c1-3-7(2)4-20-6(18-5(7)19)8(11,12)9(13,14)10(15,16)17/h6H,3-4H2,1-2H3,(H,18,19). The average Bonchev–Trinajstić information content (AvgIpc) is 2.30. The van der Waals surface area contributed by atoms with Gasteiger partial charge in [0.1, 0.15) is 0 Å². The number of alkyl halides is 7. The van der Waals surface area contributed by atoms with Crippen LogP contribution in [0.1, 0.15) is 20.3 Å². The Morgan fingerprint density at radius 3 is 2.10 bits per heavy atom. The number of nitrogens with one attached hydrogen (secondary N) is 1. The molecule has 1 N–H and O–H groups in total. The summed E-state index contributed by atoms with van der Waals surface area (Å²) in [6.45, 7) is 2.16. The highest BCUT2D eigenvalue weighted by Crippen LogP contribution is 2.49. The Bertz CT molecular complexity index is 396. The molecule has 0 saturated carbocycles. The van der Waals surface area contributed by atoms with E-state index in [9.17, 15) is 35.5 Å². The van der Waals surface area contributed by atoms with Crippen molar-refractivity contribution < 1.29 is 40.3 Å². The van der Waals surface area contributed by atoms with Crippen molar-refractivity contribution in [2.45, 2.75) is 44.5 Å². The molecule has 2 unspecified atom stereocenters. The molecule has 10 heteroatoms. The van der Waals surface area contributed by atoms with Crippen LogP contribution in [0.3, 0.4) is 0 Å². The third-order valence-corrected chi connectivity index (χ3v) is 3.26. The van der Waals surface area contributed by atoms with E-state index in [-0.39, 0.29) is 6.42 Å². The lowest BCUT2D eigenvalue weighted by Crippen LogP contribution is -2.67. The van der Waals surface area contributed by atoms with Crippen molar-refractivity contribution in [3.63, 3.8) is 0 Å². The minimum atomic E-state index is -6.46. The van der Waals surface area contributed by atoms with Gasteiger partial charge in [-0.05, 0) is 13.3 Å². The second kappa shape index (κ2) is 4.74. The molecule has 1 aliphatic rings. The first-order valence-corrected chi connectivity index (χ1v) is 5.54. The molecule has 1 heterocycles. The van der Waals surface area contributed by atoms with E-state index in [1.165, 1.54) is 19.2 Å². The van der Waals surface area contributed by atoms with Crippen LogP contribution in [0.15, 0.2) is 0 Å². The second-order valence-electron chi connectivity index (χ2n) is 4.77. The zero-order valence-corrected chi connectivity index (χ0v) is 10.5. The molecule has 118 valence electrons. The normalized spacial score (nSPS) is 29.2. The molecule has 0 aliphatic carbocycles. The van der Waals surface area contributed by atoms with Crippen LogP contribution in [0.4, 0.5) is 30.7 Å². The minimum Gasteiger partial charge on any atom is -0.351 e. The van der Waals surface area contributed by atoms with Crippen molar-refractivity contribution in [2.75, 3.05) is 6.61 Å². The lowest BCUT2D eigenvalue weighted by molar-refractivity contribution is -0.378. The number of ether oxygens (including phenoxy) is 1. The van der Waals surface area contributed by atoms with Gasteiger partial charge in [-0.3, -0.25) is 4.79 Å². The van der Waals surface area contributed by atoms with E-state index in [0.29, 0.717) is 0 Å². The van der Waals surface area contributed by atoms with Crippen molar-refractivity contribution >= 4 is 5.91 Å². The van der Waals surface area contributed by atoms with E-state index < -0.39 is 42.2 Å². The summed E-state index contributed by atoms with van der Waals surface area (Å²) in [6.07, 6.45) is -9.35. The minimum absolute atomic E-state index is 0.146. The van der Waals surface area contributed by atoms with Crippen LogP contribution in [0.2, 0.25) is 0 Å². The smallest absolute Gasteiger partial charge is 0.351 e. The van der Waals surface area contributed by atoms with Gasteiger partial charge in [0.25, 0.3) is 0 Å². The highest BCUT2D eigenvalue weighted by Gasteiger charge is 2.76. The molecular formula is C10H12F7NO2. The van der Waals surface area contributed by atoms with Crippen molar-refractivity contribution in [1.82, 2.24) is 5.32 Å². The largest absolute Gasteiger partial charge is 0.460 e. The fraction of sp³-hybridized carbons (Fsp3) is 0.900. The summed E-state index contributed by atoms with van der Waals surface area (Å²) in [6, 6.07) is 0. The zero-order chi connectivity index (χ0) is 16.0. The van der Waals surface area contributed by atoms with E-state index >= 15 is 0 Å². The molecule has 1 fully saturated rings. The first kappa shape index (κ1) is 17.0. The Morgan fingerprint density at radius 1 is 1.25 bits per heavy atom. The van der Waals surface area contributed by atoms with Gasteiger partial charge in [-0.2, -0.15) is 30.7 Å². The maximum Gasteiger partial charge on any atom is 0.460 e. The number of amides is 1. The van der Waals surface area contributed by atoms with Crippen LogP contribution in [0, 0.1) is 5.41 Å². The quantitative estimate of drug-likeness (QED) is 0.814. The predicted molar refractivity (Wildman–Crippen MR) is 52.2 cm³/mol. The predicted octanol–water partition coefficient (Wildman–Crippen LogP) is 2.71. The summed E-state index contributed by atoms with van der Waals surface area (Å²) in [4.78, 5) is 11.5. The van der Waals surface area contributed by atoms with Crippen LogP contribution in [-0.2, 0) is 9.53 Å². The third-order valence-electron chi connectivity index (χ3n) is 3.26. The molecule has 0 aromatic rings. The SMILES string of the molecule is CCC1(C)COC(C(F)(F)C(F)(F)C(F)(F)F)NC1=O. The summed E-state index contributed by atoms with van der Waals surface area (Å²) in [5.41, 5.74) is -1.25. The van der Waals surface area contributed by atoms with Gasteiger partial charge >= 0.3 is 18.0 Å². The van der Waals surface area contributed by atoms with Crippen molar-refractivity contribution in [3.05, 3.63) is 0 Å². The molecule has 0 bridgehead atoms. The Morgan fingerprint density at radius 2 is 1.75 bits per heavy atom. The van der Waals surface area contributed by atoms with Crippen LogP contribution in [0.25, 0.3) is 0 Å². The van der Waals surface area contributed by atoms with Crippen molar-refractivity contribution in [1.29, 1.82) is 0 Å². The molecule has 1 rings (SSSR count). The second-order valence-corrected chi connectivity index (χ2v) is 4.77. The summed E-state index contributed by atoms with van der Waals surface area (Å²) in [5, 5.41) is 1.39.